The van der Waals surface area contributed by atoms with Crippen LogP contribution < -0.4 is 14.8 Å². The first-order chi connectivity index (χ1) is 16.3. The molecule has 180 valence electrons. The topological polar surface area (TPSA) is 80.1 Å². The van der Waals surface area contributed by atoms with E-state index >= 15 is 0 Å². The number of hydrogen-bond acceptors (Lipinski definition) is 6. The van der Waals surface area contributed by atoms with Gasteiger partial charge in [-0.25, -0.2) is 4.79 Å². The number of urea groups is 1. The van der Waals surface area contributed by atoms with Crippen molar-refractivity contribution in [3.63, 3.8) is 0 Å². The molecule has 0 atom stereocenters. The Labute approximate surface area is 193 Å². The summed E-state index contributed by atoms with van der Waals surface area (Å²) < 4.78 is 52.0. The Balaban J connectivity index is 1.26. The highest BCUT2D eigenvalue weighted by Crippen LogP contribution is 2.26. The molecule has 1 aliphatic rings. The van der Waals surface area contributed by atoms with Gasteiger partial charge < -0.3 is 18.9 Å². The van der Waals surface area contributed by atoms with Crippen molar-refractivity contribution in [2.24, 2.45) is 0 Å². The predicted molar refractivity (Wildman–Crippen MR) is 117 cm³/mol. The molecule has 1 aliphatic heterocycles. The maximum Gasteiger partial charge on any atom is 0.422 e. The average Bonchev–Trinajstić information content (AvgIpc) is 3.32. The molecular weight excluding hydrogens is 453 g/mol. The minimum Gasteiger partial charge on any atom is -0.484 e. The van der Waals surface area contributed by atoms with Gasteiger partial charge in [0.1, 0.15) is 23.5 Å². The van der Waals surface area contributed by atoms with E-state index in [0.717, 1.165) is 18.7 Å². The van der Waals surface area contributed by atoms with Crippen molar-refractivity contribution in [2.45, 2.75) is 12.7 Å². The van der Waals surface area contributed by atoms with Crippen LogP contribution in [-0.4, -0.2) is 59.9 Å². The number of anilines is 1. The first kappa shape index (κ1) is 23.4. The van der Waals surface area contributed by atoms with Crippen molar-refractivity contribution in [1.82, 2.24) is 15.0 Å². The lowest BCUT2D eigenvalue weighted by molar-refractivity contribution is -0.153. The van der Waals surface area contributed by atoms with Crippen molar-refractivity contribution in [3.05, 3.63) is 66.4 Å². The number of benzene rings is 2. The quantitative estimate of drug-likeness (QED) is 0.530. The second-order valence-corrected chi connectivity index (χ2v) is 7.70. The van der Waals surface area contributed by atoms with Crippen LogP contribution in [0.25, 0.3) is 0 Å². The maximum absolute atomic E-state index is 12.3. The zero-order valence-electron chi connectivity index (χ0n) is 18.1. The zero-order valence-corrected chi connectivity index (χ0v) is 18.1. The summed E-state index contributed by atoms with van der Waals surface area (Å²) in [5.41, 5.74) is 1.04. The molecule has 2 heterocycles. The number of carbonyl (C=O) groups is 1. The third-order valence-electron chi connectivity index (χ3n) is 5.10. The lowest BCUT2D eigenvalue weighted by atomic mass is 10.2. The minimum absolute atomic E-state index is 0.118. The second kappa shape index (κ2) is 10.5. The fraction of sp³-hybridized carbons (Fsp3) is 0.304. The number of alkyl halides is 3. The summed E-state index contributed by atoms with van der Waals surface area (Å²) in [6.07, 6.45) is -2.99. The summed E-state index contributed by atoms with van der Waals surface area (Å²) in [7, 11) is 0. The summed E-state index contributed by atoms with van der Waals surface area (Å²) >= 11 is 0. The van der Waals surface area contributed by atoms with Crippen molar-refractivity contribution >= 4 is 11.8 Å². The molecular formula is C23H23F3N4O4. The number of ether oxygens (including phenoxy) is 2. The minimum atomic E-state index is -4.38. The van der Waals surface area contributed by atoms with Crippen LogP contribution in [0.1, 0.15) is 5.56 Å². The molecule has 0 bridgehead atoms. The number of hydrogen-bond donors (Lipinski definition) is 1. The Kier molecular flexibility index (Phi) is 7.21. The number of halogens is 3. The van der Waals surface area contributed by atoms with Crippen LogP contribution in [0.5, 0.6) is 17.2 Å². The molecule has 1 N–H and O–H groups in total. The number of piperazine rings is 1. The molecule has 1 fully saturated rings. The molecule has 0 spiro atoms. The van der Waals surface area contributed by atoms with Crippen LogP contribution in [0.15, 0.2) is 65.4 Å². The molecule has 0 saturated carbocycles. The summed E-state index contributed by atoms with van der Waals surface area (Å²) in [6, 6.07) is 15.0. The molecule has 1 aromatic heterocycles. The number of aromatic nitrogens is 1. The Morgan fingerprint density at radius 1 is 1.00 bits per heavy atom. The van der Waals surface area contributed by atoms with Crippen LogP contribution in [0.4, 0.5) is 23.8 Å². The zero-order chi connectivity index (χ0) is 24.0. The molecule has 0 radical (unpaired) electrons. The number of carbonyl (C=O) groups excluding carboxylic acids is 1. The smallest absolute Gasteiger partial charge is 0.422 e. The number of nitrogens with one attached hydrogen (secondary N) is 1. The Hall–Kier alpha value is -3.73. The molecule has 2 amide bonds. The van der Waals surface area contributed by atoms with Crippen LogP contribution in [0.2, 0.25) is 0 Å². The van der Waals surface area contributed by atoms with E-state index in [0.29, 0.717) is 37.0 Å². The number of amides is 2. The lowest BCUT2D eigenvalue weighted by Gasteiger charge is -2.34. The van der Waals surface area contributed by atoms with E-state index in [-0.39, 0.29) is 11.8 Å². The fourth-order valence-corrected chi connectivity index (χ4v) is 3.45. The standard InChI is InChI=1S/C23H23F3N4O4/c24-23(25,26)16-32-18-4-6-19(7-5-18)34-20-3-1-2-17(14-20)15-29-9-11-30(12-10-29)22(31)27-21-8-13-33-28-21/h1-8,13-14H,9-12,15-16H2,(H,27,28,31). The van der Waals surface area contributed by atoms with Gasteiger partial charge in [-0.3, -0.25) is 10.2 Å². The summed E-state index contributed by atoms with van der Waals surface area (Å²) in [5, 5.41) is 6.37. The van der Waals surface area contributed by atoms with E-state index < -0.39 is 12.8 Å². The highest BCUT2D eigenvalue weighted by Gasteiger charge is 2.28. The van der Waals surface area contributed by atoms with Gasteiger partial charge in [-0.1, -0.05) is 17.3 Å². The number of rotatable bonds is 7. The molecule has 8 nitrogen and oxygen atoms in total. The van der Waals surface area contributed by atoms with Gasteiger partial charge in [0.2, 0.25) is 0 Å². The van der Waals surface area contributed by atoms with Gasteiger partial charge in [-0.05, 0) is 42.0 Å². The third kappa shape index (κ3) is 6.88. The summed E-state index contributed by atoms with van der Waals surface area (Å²) in [4.78, 5) is 16.3. The predicted octanol–water partition coefficient (Wildman–Crippen LogP) is 4.76. The van der Waals surface area contributed by atoms with Gasteiger partial charge in [0.15, 0.2) is 12.4 Å². The van der Waals surface area contributed by atoms with Gasteiger partial charge in [-0.2, -0.15) is 13.2 Å². The molecule has 1 saturated heterocycles. The van der Waals surface area contributed by atoms with Crippen LogP contribution >= 0.6 is 0 Å². The SMILES string of the molecule is O=C(Nc1ccon1)N1CCN(Cc2cccc(Oc3ccc(OCC(F)(F)F)cc3)c2)CC1. The van der Waals surface area contributed by atoms with Crippen LogP contribution in [-0.2, 0) is 6.54 Å². The van der Waals surface area contributed by atoms with Crippen molar-refractivity contribution in [2.75, 3.05) is 38.1 Å². The van der Waals surface area contributed by atoms with Gasteiger partial charge in [0.25, 0.3) is 0 Å². The molecule has 2 aromatic carbocycles. The van der Waals surface area contributed by atoms with E-state index in [2.05, 4.69) is 15.4 Å². The van der Waals surface area contributed by atoms with Gasteiger partial charge in [0, 0.05) is 38.8 Å². The fourth-order valence-electron chi connectivity index (χ4n) is 3.45. The molecule has 34 heavy (non-hydrogen) atoms. The maximum atomic E-state index is 12.3. The third-order valence-corrected chi connectivity index (χ3v) is 5.10. The summed E-state index contributed by atoms with van der Waals surface area (Å²) in [6.45, 7) is 1.97. The van der Waals surface area contributed by atoms with Gasteiger partial charge >= 0.3 is 12.2 Å². The van der Waals surface area contributed by atoms with Gasteiger partial charge in [0.05, 0.1) is 0 Å². The Bertz CT molecular complexity index is 1070. The van der Waals surface area contributed by atoms with Gasteiger partial charge in [-0.15, -0.1) is 0 Å². The highest BCUT2D eigenvalue weighted by atomic mass is 19.4. The molecule has 0 unspecified atom stereocenters. The van der Waals surface area contributed by atoms with E-state index in [9.17, 15) is 18.0 Å². The van der Waals surface area contributed by atoms with E-state index in [1.165, 1.54) is 18.4 Å². The Morgan fingerprint density at radius 2 is 1.74 bits per heavy atom. The van der Waals surface area contributed by atoms with Crippen molar-refractivity contribution in [1.29, 1.82) is 0 Å². The molecule has 3 aromatic rings. The average molecular weight is 476 g/mol. The van der Waals surface area contributed by atoms with Crippen LogP contribution in [0.3, 0.4) is 0 Å². The normalized spacial score (nSPS) is 14.6. The van der Waals surface area contributed by atoms with Crippen molar-refractivity contribution in [3.8, 4) is 17.2 Å². The number of nitrogens with zero attached hydrogens (tertiary/aromatic N) is 3. The highest BCUT2D eigenvalue weighted by molar-refractivity contribution is 5.88. The molecule has 0 aliphatic carbocycles. The van der Waals surface area contributed by atoms with E-state index in [4.69, 9.17) is 14.0 Å². The summed E-state index contributed by atoms with van der Waals surface area (Å²) in [5.74, 6) is 1.61. The Morgan fingerprint density at radius 3 is 2.41 bits per heavy atom. The largest absolute Gasteiger partial charge is 0.484 e. The second-order valence-electron chi connectivity index (χ2n) is 7.70. The first-order valence-electron chi connectivity index (χ1n) is 10.6. The lowest BCUT2D eigenvalue weighted by Crippen LogP contribution is -2.49. The van der Waals surface area contributed by atoms with E-state index in [1.54, 1.807) is 23.1 Å². The monoisotopic (exact) mass is 476 g/mol. The first-order valence-corrected chi connectivity index (χ1v) is 10.6. The molecule has 11 heteroatoms. The van der Waals surface area contributed by atoms with Crippen molar-refractivity contribution < 1.29 is 32.0 Å². The van der Waals surface area contributed by atoms with Crippen LogP contribution in [0, 0.1) is 0 Å². The van der Waals surface area contributed by atoms with E-state index in [1.807, 2.05) is 24.3 Å². The molecule has 4 rings (SSSR count).